The van der Waals surface area contributed by atoms with Crippen LogP contribution in [-0.2, 0) is 14.4 Å². The van der Waals surface area contributed by atoms with E-state index in [0.29, 0.717) is 19.6 Å². The number of benzene rings is 1. The number of amides is 3. The van der Waals surface area contributed by atoms with Gasteiger partial charge in [-0.1, -0.05) is 17.7 Å². The lowest BCUT2D eigenvalue weighted by molar-refractivity contribution is -0.138. The smallest absolute Gasteiger partial charge is 0.229 e. The van der Waals surface area contributed by atoms with Gasteiger partial charge >= 0.3 is 0 Å². The van der Waals surface area contributed by atoms with Crippen molar-refractivity contribution in [3.8, 4) is 5.75 Å². The number of imide groups is 1. The molecule has 2 rings (SSSR count). The number of rotatable bonds is 8. The molecule has 1 aromatic rings. The van der Waals surface area contributed by atoms with Crippen LogP contribution in [0.15, 0.2) is 24.3 Å². The van der Waals surface area contributed by atoms with Gasteiger partial charge in [-0.25, -0.2) is 0 Å². The van der Waals surface area contributed by atoms with Gasteiger partial charge in [0.1, 0.15) is 5.75 Å². The number of likely N-dealkylation sites (tertiary alicyclic amines) is 1. The number of ether oxygens (including phenoxy) is 1. The third-order valence-corrected chi connectivity index (χ3v) is 3.65. The van der Waals surface area contributed by atoms with E-state index in [2.05, 4.69) is 5.32 Å². The van der Waals surface area contributed by atoms with Gasteiger partial charge in [-0.15, -0.1) is 0 Å². The van der Waals surface area contributed by atoms with Crippen LogP contribution in [-0.4, -0.2) is 42.3 Å². The van der Waals surface area contributed by atoms with E-state index in [1.54, 1.807) is 0 Å². The van der Waals surface area contributed by atoms with Crippen LogP contribution in [0.5, 0.6) is 5.75 Å². The molecule has 1 aliphatic heterocycles. The van der Waals surface area contributed by atoms with E-state index in [0.717, 1.165) is 5.75 Å². The molecular weight excluding hydrogens is 296 g/mol. The second-order valence-electron chi connectivity index (χ2n) is 5.55. The van der Waals surface area contributed by atoms with Gasteiger partial charge < -0.3 is 10.1 Å². The summed E-state index contributed by atoms with van der Waals surface area (Å²) in [6, 6.07) is 7.80. The summed E-state index contributed by atoms with van der Waals surface area (Å²) in [4.78, 5) is 35.7. The average molecular weight is 318 g/mol. The Balaban J connectivity index is 1.55. The summed E-state index contributed by atoms with van der Waals surface area (Å²) < 4.78 is 5.56. The quantitative estimate of drug-likeness (QED) is 0.581. The zero-order valence-electron chi connectivity index (χ0n) is 13.3. The predicted octanol–water partition coefficient (Wildman–Crippen LogP) is 1.42. The van der Waals surface area contributed by atoms with Gasteiger partial charge in [0, 0.05) is 32.4 Å². The fraction of sp³-hybridized carbons (Fsp3) is 0.471. The lowest BCUT2D eigenvalue weighted by Crippen LogP contribution is -2.34. The molecule has 0 aromatic heterocycles. The van der Waals surface area contributed by atoms with Crippen LogP contribution in [0.2, 0.25) is 0 Å². The minimum atomic E-state index is -0.186. The second kappa shape index (κ2) is 8.31. The molecule has 1 aromatic carbocycles. The van der Waals surface area contributed by atoms with Crippen molar-refractivity contribution in [1.82, 2.24) is 10.2 Å². The van der Waals surface area contributed by atoms with Crippen LogP contribution < -0.4 is 10.1 Å². The third-order valence-electron chi connectivity index (χ3n) is 3.65. The molecule has 0 spiro atoms. The van der Waals surface area contributed by atoms with Crippen molar-refractivity contribution in [3.63, 3.8) is 0 Å². The van der Waals surface area contributed by atoms with E-state index in [4.69, 9.17) is 4.74 Å². The van der Waals surface area contributed by atoms with E-state index in [9.17, 15) is 14.4 Å². The normalized spacial score (nSPS) is 14.2. The van der Waals surface area contributed by atoms with E-state index >= 15 is 0 Å². The van der Waals surface area contributed by atoms with E-state index in [-0.39, 0.29) is 43.5 Å². The zero-order valence-corrected chi connectivity index (χ0v) is 13.3. The van der Waals surface area contributed by atoms with Crippen LogP contribution in [0.4, 0.5) is 0 Å². The number of hydrogen-bond acceptors (Lipinski definition) is 4. The van der Waals surface area contributed by atoms with Crippen LogP contribution >= 0.6 is 0 Å². The SMILES string of the molecule is Cc1ccc(OCCCNC(=O)CCN2C(=O)CCC2=O)cc1. The number of nitrogens with zero attached hydrogens (tertiary/aromatic N) is 1. The topological polar surface area (TPSA) is 75.7 Å². The molecule has 6 nitrogen and oxygen atoms in total. The van der Waals surface area contributed by atoms with E-state index < -0.39 is 0 Å². The number of carbonyl (C=O) groups excluding carboxylic acids is 3. The fourth-order valence-corrected chi connectivity index (χ4v) is 2.30. The fourth-order valence-electron chi connectivity index (χ4n) is 2.30. The summed E-state index contributed by atoms with van der Waals surface area (Å²) in [5.41, 5.74) is 1.18. The highest BCUT2D eigenvalue weighted by atomic mass is 16.5. The molecule has 23 heavy (non-hydrogen) atoms. The van der Waals surface area contributed by atoms with Gasteiger partial charge in [-0.3, -0.25) is 19.3 Å². The Morgan fingerprint density at radius 1 is 1.17 bits per heavy atom. The molecule has 124 valence electrons. The maximum absolute atomic E-state index is 11.7. The Labute approximate surface area is 135 Å². The molecule has 0 bridgehead atoms. The first-order valence-electron chi connectivity index (χ1n) is 7.85. The van der Waals surface area contributed by atoms with Crippen molar-refractivity contribution in [2.24, 2.45) is 0 Å². The molecule has 1 heterocycles. The van der Waals surface area contributed by atoms with Gasteiger partial charge in [0.15, 0.2) is 0 Å². The van der Waals surface area contributed by atoms with E-state index in [1.807, 2.05) is 31.2 Å². The maximum Gasteiger partial charge on any atom is 0.229 e. The molecule has 0 saturated carbocycles. The molecule has 0 atom stereocenters. The Morgan fingerprint density at radius 2 is 1.83 bits per heavy atom. The van der Waals surface area contributed by atoms with Crippen molar-refractivity contribution in [2.75, 3.05) is 19.7 Å². The van der Waals surface area contributed by atoms with Crippen molar-refractivity contribution < 1.29 is 19.1 Å². The largest absolute Gasteiger partial charge is 0.494 e. The summed E-state index contributed by atoms with van der Waals surface area (Å²) in [6.07, 6.45) is 1.37. The lowest BCUT2D eigenvalue weighted by Gasteiger charge is -2.13. The highest BCUT2D eigenvalue weighted by Crippen LogP contribution is 2.12. The molecule has 1 aliphatic rings. The van der Waals surface area contributed by atoms with Crippen LogP contribution in [0.3, 0.4) is 0 Å². The molecular formula is C17H22N2O4. The third kappa shape index (κ3) is 5.39. The highest BCUT2D eigenvalue weighted by molar-refractivity contribution is 6.02. The predicted molar refractivity (Wildman–Crippen MR) is 84.9 cm³/mol. The first-order valence-corrected chi connectivity index (χ1v) is 7.85. The molecule has 0 radical (unpaired) electrons. The number of carbonyl (C=O) groups is 3. The zero-order chi connectivity index (χ0) is 16.7. The minimum Gasteiger partial charge on any atom is -0.494 e. The van der Waals surface area contributed by atoms with Crippen molar-refractivity contribution in [1.29, 1.82) is 0 Å². The molecule has 3 amide bonds. The number of nitrogens with one attached hydrogen (secondary N) is 1. The molecule has 1 fully saturated rings. The van der Waals surface area contributed by atoms with Crippen LogP contribution in [0, 0.1) is 6.92 Å². The average Bonchev–Trinajstić information content (AvgIpc) is 2.85. The van der Waals surface area contributed by atoms with Crippen molar-refractivity contribution >= 4 is 17.7 Å². The summed E-state index contributed by atoms with van der Waals surface area (Å²) >= 11 is 0. The number of aryl methyl sites for hydroxylation is 1. The van der Waals surface area contributed by atoms with Gasteiger partial charge in [-0.2, -0.15) is 0 Å². The van der Waals surface area contributed by atoms with Gasteiger partial charge in [-0.05, 0) is 25.5 Å². The van der Waals surface area contributed by atoms with Gasteiger partial charge in [0.05, 0.1) is 6.61 Å². The standard InChI is InChI=1S/C17H22N2O4/c1-13-3-5-14(6-4-13)23-12-2-10-18-15(20)9-11-19-16(21)7-8-17(19)22/h3-6H,2,7-12H2,1H3,(H,18,20). The Kier molecular flexibility index (Phi) is 6.14. The van der Waals surface area contributed by atoms with Crippen molar-refractivity contribution in [2.45, 2.75) is 32.6 Å². The van der Waals surface area contributed by atoms with Gasteiger partial charge in [0.25, 0.3) is 0 Å². The highest BCUT2D eigenvalue weighted by Gasteiger charge is 2.28. The molecule has 1 saturated heterocycles. The second-order valence-corrected chi connectivity index (χ2v) is 5.55. The Hall–Kier alpha value is -2.37. The minimum absolute atomic E-state index is 0.149. The lowest BCUT2D eigenvalue weighted by atomic mass is 10.2. The summed E-state index contributed by atoms with van der Waals surface area (Å²) in [7, 11) is 0. The first-order chi connectivity index (χ1) is 11.1. The van der Waals surface area contributed by atoms with Crippen LogP contribution in [0.1, 0.15) is 31.2 Å². The monoisotopic (exact) mass is 318 g/mol. The number of hydrogen-bond donors (Lipinski definition) is 1. The van der Waals surface area contributed by atoms with Gasteiger partial charge in [0.2, 0.25) is 17.7 Å². The van der Waals surface area contributed by atoms with E-state index in [1.165, 1.54) is 10.5 Å². The Bertz CT molecular complexity index is 552. The summed E-state index contributed by atoms with van der Waals surface area (Å²) in [5.74, 6) is 0.282. The Morgan fingerprint density at radius 3 is 2.48 bits per heavy atom. The van der Waals surface area contributed by atoms with Crippen molar-refractivity contribution in [3.05, 3.63) is 29.8 Å². The summed E-state index contributed by atoms with van der Waals surface area (Å²) in [5, 5.41) is 2.76. The van der Waals surface area contributed by atoms with Crippen LogP contribution in [0.25, 0.3) is 0 Å². The molecule has 1 N–H and O–H groups in total. The molecule has 6 heteroatoms. The first kappa shape index (κ1) is 17.0. The summed E-state index contributed by atoms with van der Waals surface area (Å²) in [6.45, 7) is 3.21. The molecule has 0 unspecified atom stereocenters. The maximum atomic E-state index is 11.7. The molecule has 0 aliphatic carbocycles.